The van der Waals surface area contributed by atoms with Gasteiger partial charge in [0.25, 0.3) is 11.8 Å². The summed E-state index contributed by atoms with van der Waals surface area (Å²) in [6, 6.07) is 24.4. The lowest BCUT2D eigenvalue weighted by molar-refractivity contribution is -0.122. The van der Waals surface area contributed by atoms with Crippen LogP contribution in [0.25, 0.3) is 16.8 Å². The van der Waals surface area contributed by atoms with E-state index in [9.17, 15) is 9.59 Å². The standard InChI is InChI=1S/C30H22Cl2N2O4S/c1-2-37-26-16-18(11-13-25(26)38-17-19-10-12-20-6-3-4-7-21(20)14-19)15-22-28(35)33-30(39)34(29(22)36)24-9-5-8-23(31)27(24)32/h3-16H,2,17H2,1H3,(H,33,35,39)/b22-15+. The summed E-state index contributed by atoms with van der Waals surface area (Å²) in [5.41, 5.74) is 1.74. The van der Waals surface area contributed by atoms with Gasteiger partial charge in [0.05, 0.1) is 22.3 Å². The highest BCUT2D eigenvalue weighted by molar-refractivity contribution is 7.80. The highest BCUT2D eigenvalue weighted by Crippen LogP contribution is 2.35. The largest absolute Gasteiger partial charge is 0.490 e. The molecule has 0 atom stereocenters. The molecule has 0 spiro atoms. The number of benzene rings is 4. The van der Waals surface area contributed by atoms with E-state index in [2.05, 4.69) is 29.6 Å². The zero-order chi connectivity index (χ0) is 27.5. The van der Waals surface area contributed by atoms with E-state index >= 15 is 0 Å². The Labute approximate surface area is 240 Å². The van der Waals surface area contributed by atoms with Crippen molar-refractivity contribution in [3.63, 3.8) is 0 Å². The number of hydrogen-bond acceptors (Lipinski definition) is 5. The lowest BCUT2D eigenvalue weighted by Gasteiger charge is -2.29. The second-order valence-corrected chi connectivity index (χ2v) is 9.81. The summed E-state index contributed by atoms with van der Waals surface area (Å²) in [6.45, 7) is 2.62. The molecule has 0 radical (unpaired) electrons. The summed E-state index contributed by atoms with van der Waals surface area (Å²) in [7, 11) is 0. The van der Waals surface area contributed by atoms with Gasteiger partial charge in [-0.1, -0.05) is 71.7 Å². The predicted molar refractivity (Wildman–Crippen MR) is 159 cm³/mol. The van der Waals surface area contributed by atoms with Gasteiger partial charge in [-0.15, -0.1) is 0 Å². The van der Waals surface area contributed by atoms with Crippen molar-refractivity contribution in [1.29, 1.82) is 0 Å². The molecule has 0 bridgehead atoms. The molecule has 196 valence electrons. The zero-order valence-electron chi connectivity index (χ0n) is 20.7. The van der Waals surface area contributed by atoms with Gasteiger partial charge in [-0.05, 0) is 77.4 Å². The maximum Gasteiger partial charge on any atom is 0.270 e. The van der Waals surface area contributed by atoms with Gasteiger partial charge in [-0.25, -0.2) is 0 Å². The minimum atomic E-state index is -0.623. The van der Waals surface area contributed by atoms with E-state index in [0.29, 0.717) is 30.3 Å². The topological polar surface area (TPSA) is 67.9 Å². The Balaban J connectivity index is 1.41. The highest BCUT2D eigenvalue weighted by atomic mass is 35.5. The number of rotatable bonds is 7. The second kappa shape index (κ2) is 11.5. The molecule has 4 aromatic rings. The third-order valence-corrected chi connectivity index (χ3v) is 7.15. The minimum Gasteiger partial charge on any atom is -0.490 e. The summed E-state index contributed by atoms with van der Waals surface area (Å²) in [6.07, 6.45) is 1.47. The van der Waals surface area contributed by atoms with Crippen molar-refractivity contribution in [2.45, 2.75) is 13.5 Å². The van der Waals surface area contributed by atoms with Gasteiger partial charge in [0.1, 0.15) is 12.2 Å². The van der Waals surface area contributed by atoms with E-state index in [-0.39, 0.29) is 26.4 Å². The number of ether oxygens (including phenoxy) is 2. The molecule has 4 aromatic carbocycles. The molecular weight excluding hydrogens is 555 g/mol. The number of amides is 2. The minimum absolute atomic E-state index is 0.0845. The lowest BCUT2D eigenvalue weighted by atomic mass is 10.1. The van der Waals surface area contributed by atoms with Crippen LogP contribution in [0.5, 0.6) is 11.5 Å². The molecule has 1 saturated heterocycles. The number of nitrogens with one attached hydrogen (secondary N) is 1. The number of carbonyl (C=O) groups excluding carboxylic acids is 2. The first-order valence-corrected chi connectivity index (χ1v) is 13.2. The number of anilines is 1. The number of halogens is 2. The van der Waals surface area contributed by atoms with E-state index in [1.807, 2.05) is 25.1 Å². The third-order valence-electron chi connectivity index (χ3n) is 6.06. The normalized spacial score (nSPS) is 14.6. The molecule has 1 N–H and O–H groups in total. The quantitative estimate of drug-likeness (QED) is 0.146. The summed E-state index contributed by atoms with van der Waals surface area (Å²) in [4.78, 5) is 27.3. The van der Waals surface area contributed by atoms with E-state index in [1.165, 1.54) is 6.08 Å². The van der Waals surface area contributed by atoms with Gasteiger partial charge in [-0.2, -0.15) is 0 Å². The van der Waals surface area contributed by atoms with E-state index in [1.54, 1.807) is 36.4 Å². The molecule has 0 unspecified atom stereocenters. The Morgan fingerprint density at radius 2 is 1.69 bits per heavy atom. The van der Waals surface area contributed by atoms with Gasteiger partial charge < -0.3 is 9.47 Å². The Kier molecular flexibility index (Phi) is 7.84. The third kappa shape index (κ3) is 5.61. The number of thiocarbonyl (C=S) groups is 1. The van der Waals surface area contributed by atoms with Crippen LogP contribution in [0.15, 0.2) is 84.4 Å². The van der Waals surface area contributed by atoms with Crippen LogP contribution >= 0.6 is 35.4 Å². The Morgan fingerprint density at radius 1 is 0.897 bits per heavy atom. The maximum absolute atomic E-state index is 13.4. The molecule has 9 heteroatoms. The monoisotopic (exact) mass is 576 g/mol. The van der Waals surface area contributed by atoms with Crippen molar-refractivity contribution in [3.8, 4) is 11.5 Å². The molecule has 1 aliphatic heterocycles. The fourth-order valence-corrected chi connectivity index (χ4v) is 4.85. The van der Waals surface area contributed by atoms with Gasteiger partial charge in [-0.3, -0.25) is 19.8 Å². The van der Waals surface area contributed by atoms with E-state index in [0.717, 1.165) is 21.2 Å². The van der Waals surface area contributed by atoms with Crippen LogP contribution in [-0.4, -0.2) is 23.5 Å². The first-order valence-electron chi connectivity index (χ1n) is 12.1. The number of fused-ring (bicyclic) bond motifs is 1. The van der Waals surface area contributed by atoms with Crippen LogP contribution in [0.3, 0.4) is 0 Å². The fraction of sp³-hybridized carbons (Fsp3) is 0.100. The smallest absolute Gasteiger partial charge is 0.270 e. The highest BCUT2D eigenvalue weighted by Gasteiger charge is 2.35. The van der Waals surface area contributed by atoms with Crippen molar-refractivity contribution in [3.05, 3.63) is 106 Å². The molecule has 2 amide bonds. The zero-order valence-corrected chi connectivity index (χ0v) is 23.1. The van der Waals surface area contributed by atoms with Crippen molar-refractivity contribution in [2.75, 3.05) is 11.5 Å². The summed E-state index contributed by atoms with van der Waals surface area (Å²) in [5, 5.41) is 5.16. The maximum atomic E-state index is 13.4. The van der Waals surface area contributed by atoms with E-state index < -0.39 is 11.8 Å². The molecule has 0 saturated carbocycles. The predicted octanol–water partition coefficient (Wildman–Crippen LogP) is 6.96. The number of hydrogen-bond donors (Lipinski definition) is 1. The fourth-order valence-electron chi connectivity index (χ4n) is 4.20. The van der Waals surface area contributed by atoms with Gasteiger partial charge in [0.2, 0.25) is 0 Å². The summed E-state index contributed by atoms with van der Waals surface area (Å²) < 4.78 is 11.9. The van der Waals surface area contributed by atoms with Crippen LogP contribution in [0.1, 0.15) is 18.1 Å². The van der Waals surface area contributed by atoms with Crippen molar-refractivity contribution in [1.82, 2.24) is 5.32 Å². The molecule has 39 heavy (non-hydrogen) atoms. The first-order chi connectivity index (χ1) is 18.9. The Bertz CT molecular complexity index is 1650. The van der Waals surface area contributed by atoms with Crippen LogP contribution in [0, 0.1) is 0 Å². The SMILES string of the molecule is CCOc1cc(/C=C2\C(=O)NC(=S)N(c3cccc(Cl)c3Cl)C2=O)ccc1OCc1ccc2ccccc2c1. The van der Waals surface area contributed by atoms with Crippen molar-refractivity contribution in [2.24, 2.45) is 0 Å². The van der Waals surface area contributed by atoms with E-state index in [4.69, 9.17) is 44.9 Å². The molecule has 0 aromatic heterocycles. The van der Waals surface area contributed by atoms with Crippen molar-refractivity contribution < 1.29 is 19.1 Å². The van der Waals surface area contributed by atoms with Crippen LogP contribution < -0.4 is 19.7 Å². The average molecular weight is 577 g/mol. The molecule has 1 fully saturated rings. The first kappa shape index (κ1) is 26.7. The molecule has 1 aliphatic rings. The second-order valence-electron chi connectivity index (χ2n) is 8.64. The lowest BCUT2D eigenvalue weighted by Crippen LogP contribution is -2.54. The van der Waals surface area contributed by atoms with Crippen molar-refractivity contribution >= 4 is 74.9 Å². The summed E-state index contributed by atoms with van der Waals surface area (Å²) >= 11 is 17.7. The number of nitrogens with zero attached hydrogens (tertiary/aromatic N) is 1. The average Bonchev–Trinajstić information content (AvgIpc) is 2.93. The summed E-state index contributed by atoms with van der Waals surface area (Å²) in [5.74, 6) is -0.210. The Hall–Kier alpha value is -3.91. The van der Waals surface area contributed by atoms with Gasteiger partial charge >= 0.3 is 0 Å². The molecule has 5 rings (SSSR count). The molecule has 1 heterocycles. The van der Waals surface area contributed by atoms with Gasteiger partial charge in [0, 0.05) is 0 Å². The molecule has 0 aliphatic carbocycles. The van der Waals surface area contributed by atoms with Crippen LogP contribution in [-0.2, 0) is 16.2 Å². The number of carbonyl (C=O) groups is 2. The molecular formula is C30H22Cl2N2O4S. The Morgan fingerprint density at radius 3 is 2.49 bits per heavy atom. The van der Waals surface area contributed by atoms with Crippen LogP contribution in [0.4, 0.5) is 5.69 Å². The van der Waals surface area contributed by atoms with Gasteiger partial charge in [0.15, 0.2) is 16.6 Å². The van der Waals surface area contributed by atoms with Crippen LogP contribution in [0.2, 0.25) is 10.0 Å². The molecule has 6 nitrogen and oxygen atoms in total.